The van der Waals surface area contributed by atoms with Crippen molar-refractivity contribution in [2.75, 3.05) is 6.61 Å². The summed E-state index contributed by atoms with van der Waals surface area (Å²) in [6, 6.07) is 11.6. The lowest BCUT2D eigenvalue weighted by molar-refractivity contribution is -0.385. The third kappa shape index (κ3) is 4.32. The quantitative estimate of drug-likeness (QED) is 0.346. The number of nitrogens with zero attached hydrogens (tertiary/aromatic N) is 1. The zero-order chi connectivity index (χ0) is 17.7. The summed E-state index contributed by atoms with van der Waals surface area (Å²) in [5, 5.41) is 10.9. The highest BCUT2D eigenvalue weighted by atomic mass is 16.6. The number of hydrogen-bond donors (Lipinski definition) is 0. The van der Waals surface area contributed by atoms with Crippen molar-refractivity contribution in [1.82, 2.24) is 0 Å². The number of benzene rings is 2. The molecule has 24 heavy (non-hydrogen) atoms. The number of nitro groups is 1. The Morgan fingerprint density at radius 1 is 1.17 bits per heavy atom. The van der Waals surface area contributed by atoms with Gasteiger partial charge in [-0.3, -0.25) is 10.1 Å². The molecule has 0 aliphatic carbocycles. The summed E-state index contributed by atoms with van der Waals surface area (Å²) >= 11 is 0. The lowest BCUT2D eigenvalue weighted by Gasteiger charge is -2.12. The van der Waals surface area contributed by atoms with Gasteiger partial charge in [-0.05, 0) is 36.1 Å². The molecule has 0 saturated carbocycles. The molecule has 0 heterocycles. The van der Waals surface area contributed by atoms with E-state index >= 15 is 0 Å². The van der Waals surface area contributed by atoms with Crippen LogP contribution in [0.5, 0.6) is 11.5 Å². The van der Waals surface area contributed by atoms with E-state index in [2.05, 4.69) is 0 Å². The maximum Gasteiger partial charge on any atom is 0.349 e. The predicted molar refractivity (Wildman–Crippen MR) is 89.5 cm³/mol. The van der Waals surface area contributed by atoms with Gasteiger partial charge in [-0.1, -0.05) is 38.1 Å². The molecule has 0 aromatic heterocycles. The average molecular weight is 329 g/mol. The van der Waals surface area contributed by atoms with Crippen molar-refractivity contribution < 1.29 is 19.2 Å². The summed E-state index contributed by atoms with van der Waals surface area (Å²) in [5.41, 5.74) is 1.70. The maximum atomic E-state index is 12.0. The summed E-state index contributed by atoms with van der Waals surface area (Å²) < 4.78 is 10.6. The Kier molecular flexibility index (Phi) is 5.52. The minimum Gasteiger partial charge on any atom is -0.475 e. The molecule has 0 bridgehead atoms. The van der Waals surface area contributed by atoms with Crippen LogP contribution >= 0.6 is 0 Å². The Labute approximate surface area is 140 Å². The average Bonchev–Trinajstić information content (AvgIpc) is 2.55. The van der Waals surface area contributed by atoms with E-state index in [0.717, 1.165) is 11.1 Å². The van der Waals surface area contributed by atoms with Crippen LogP contribution in [0.25, 0.3) is 0 Å². The number of carbonyl (C=O) groups is 1. The van der Waals surface area contributed by atoms with Crippen LogP contribution in [-0.2, 0) is 4.79 Å². The molecule has 2 aromatic carbocycles. The van der Waals surface area contributed by atoms with E-state index in [0.29, 0.717) is 11.7 Å². The van der Waals surface area contributed by atoms with E-state index in [9.17, 15) is 14.9 Å². The van der Waals surface area contributed by atoms with E-state index in [1.165, 1.54) is 18.2 Å². The summed E-state index contributed by atoms with van der Waals surface area (Å²) in [6.07, 6.45) is 0. The van der Waals surface area contributed by atoms with Crippen molar-refractivity contribution in [3.8, 4) is 11.5 Å². The molecule has 126 valence electrons. The molecule has 0 amide bonds. The number of para-hydroxylation sites is 2. The Morgan fingerprint density at radius 2 is 1.88 bits per heavy atom. The van der Waals surface area contributed by atoms with Crippen LogP contribution in [-0.4, -0.2) is 17.5 Å². The highest BCUT2D eigenvalue weighted by Gasteiger charge is 2.16. The second-order valence-electron chi connectivity index (χ2n) is 5.67. The van der Waals surface area contributed by atoms with Crippen molar-refractivity contribution in [2.45, 2.75) is 26.7 Å². The third-order valence-corrected chi connectivity index (χ3v) is 3.51. The molecule has 6 heteroatoms. The first-order chi connectivity index (χ1) is 11.4. The largest absolute Gasteiger partial charge is 0.475 e. The van der Waals surface area contributed by atoms with Crippen molar-refractivity contribution in [3.05, 3.63) is 63.7 Å². The van der Waals surface area contributed by atoms with Gasteiger partial charge in [0.05, 0.1) is 4.92 Å². The van der Waals surface area contributed by atoms with Gasteiger partial charge in [0, 0.05) is 6.07 Å². The molecule has 2 rings (SSSR count). The number of aryl methyl sites for hydroxylation is 1. The second-order valence-corrected chi connectivity index (χ2v) is 5.67. The van der Waals surface area contributed by atoms with Gasteiger partial charge in [-0.15, -0.1) is 0 Å². The van der Waals surface area contributed by atoms with Crippen molar-refractivity contribution >= 4 is 11.7 Å². The number of ether oxygens (including phenoxy) is 2. The first-order valence-electron chi connectivity index (χ1n) is 7.56. The number of rotatable bonds is 6. The molecule has 0 aliphatic rings. The predicted octanol–water partition coefficient (Wildman–Crippen LogP) is 4.01. The Balaban J connectivity index is 2.05. The number of carbonyl (C=O) groups excluding carboxylic acids is 1. The lowest BCUT2D eigenvalue weighted by atomic mass is 10.0. The molecule has 0 N–H and O–H groups in total. The SMILES string of the molecule is Cc1ccc(C(C)C)cc1OC(=O)COc1ccccc1[N+](=O)[O-]. The van der Waals surface area contributed by atoms with Gasteiger partial charge in [-0.25, -0.2) is 4.79 Å². The van der Waals surface area contributed by atoms with E-state index in [1.807, 2.05) is 39.0 Å². The molecule has 0 fully saturated rings. The smallest absolute Gasteiger partial charge is 0.349 e. The Morgan fingerprint density at radius 3 is 2.54 bits per heavy atom. The Hall–Kier alpha value is -2.89. The fourth-order valence-electron chi connectivity index (χ4n) is 2.10. The van der Waals surface area contributed by atoms with Gasteiger partial charge < -0.3 is 9.47 Å². The van der Waals surface area contributed by atoms with Crippen LogP contribution in [0.4, 0.5) is 5.69 Å². The monoisotopic (exact) mass is 329 g/mol. The minimum absolute atomic E-state index is 0.0344. The molecular weight excluding hydrogens is 310 g/mol. The fraction of sp³-hybridized carbons (Fsp3) is 0.278. The first kappa shape index (κ1) is 17.5. The summed E-state index contributed by atoms with van der Waals surface area (Å²) in [6.45, 7) is 5.54. The van der Waals surface area contributed by atoms with Crippen LogP contribution < -0.4 is 9.47 Å². The first-order valence-corrected chi connectivity index (χ1v) is 7.56. The minimum atomic E-state index is -0.614. The van der Waals surface area contributed by atoms with Gasteiger partial charge in [0.25, 0.3) is 0 Å². The van der Waals surface area contributed by atoms with Crippen LogP contribution in [0.1, 0.15) is 30.9 Å². The molecule has 6 nitrogen and oxygen atoms in total. The zero-order valence-electron chi connectivity index (χ0n) is 13.8. The van der Waals surface area contributed by atoms with Crippen LogP contribution in [0.2, 0.25) is 0 Å². The van der Waals surface area contributed by atoms with E-state index < -0.39 is 17.5 Å². The van der Waals surface area contributed by atoms with Gasteiger partial charge in [0.15, 0.2) is 12.4 Å². The molecule has 2 aromatic rings. The fourth-order valence-corrected chi connectivity index (χ4v) is 2.10. The standard InChI is InChI=1S/C18H19NO5/c1-12(2)14-9-8-13(3)17(10-14)24-18(20)11-23-16-7-5-4-6-15(16)19(21)22/h4-10,12H,11H2,1-3H3. The zero-order valence-corrected chi connectivity index (χ0v) is 13.8. The normalized spacial score (nSPS) is 10.5. The van der Waals surface area contributed by atoms with Crippen LogP contribution in [0, 0.1) is 17.0 Å². The highest BCUT2D eigenvalue weighted by Crippen LogP contribution is 2.27. The summed E-state index contributed by atoms with van der Waals surface area (Å²) in [4.78, 5) is 22.3. The highest BCUT2D eigenvalue weighted by molar-refractivity contribution is 5.74. The van der Waals surface area contributed by atoms with Gasteiger partial charge in [-0.2, -0.15) is 0 Å². The van der Waals surface area contributed by atoms with Crippen LogP contribution in [0.15, 0.2) is 42.5 Å². The molecule has 0 atom stereocenters. The topological polar surface area (TPSA) is 78.7 Å². The Bertz CT molecular complexity index is 755. The molecule has 0 saturated heterocycles. The number of hydrogen-bond acceptors (Lipinski definition) is 5. The number of esters is 1. The summed E-state index contributed by atoms with van der Waals surface area (Å²) in [7, 11) is 0. The maximum absolute atomic E-state index is 12.0. The molecule has 0 radical (unpaired) electrons. The molecule has 0 unspecified atom stereocenters. The van der Waals surface area contributed by atoms with Crippen molar-refractivity contribution in [1.29, 1.82) is 0 Å². The molecule has 0 spiro atoms. The molecular formula is C18H19NO5. The van der Waals surface area contributed by atoms with Gasteiger partial charge in [0.2, 0.25) is 0 Å². The number of nitro benzene ring substituents is 1. The van der Waals surface area contributed by atoms with Crippen molar-refractivity contribution in [2.24, 2.45) is 0 Å². The van der Waals surface area contributed by atoms with E-state index in [-0.39, 0.29) is 11.4 Å². The second kappa shape index (κ2) is 7.59. The van der Waals surface area contributed by atoms with Crippen molar-refractivity contribution in [3.63, 3.8) is 0 Å². The lowest BCUT2D eigenvalue weighted by Crippen LogP contribution is -2.18. The summed E-state index contributed by atoms with van der Waals surface area (Å²) in [5.74, 6) is 0.202. The van der Waals surface area contributed by atoms with Crippen LogP contribution in [0.3, 0.4) is 0 Å². The van der Waals surface area contributed by atoms with Gasteiger partial charge >= 0.3 is 11.7 Å². The van der Waals surface area contributed by atoms with E-state index in [1.54, 1.807) is 6.07 Å². The van der Waals surface area contributed by atoms with Gasteiger partial charge in [0.1, 0.15) is 5.75 Å². The van der Waals surface area contributed by atoms with E-state index in [4.69, 9.17) is 9.47 Å². The third-order valence-electron chi connectivity index (χ3n) is 3.51. The molecule has 0 aliphatic heterocycles.